The van der Waals surface area contributed by atoms with Gasteiger partial charge in [0.2, 0.25) is 5.91 Å². The lowest BCUT2D eigenvalue weighted by molar-refractivity contribution is -0.122. The average Bonchev–Trinajstić information content (AvgIpc) is 2.35. The Balaban J connectivity index is 3.16. The Labute approximate surface area is 113 Å². The van der Waals surface area contributed by atoms with Crippen LogP contribution in [0, 0.1) is 6.92 Å². The third-order valence-electron chi connectivity index (χ3n) is 2.73. The molecule has 0 spiro atoms. The number of rotatable bonds is 5. The standard InChI is InChI=1S/C13H19ClN2O2/c1-5-18-11-6-8(2)9(7-10(11)14)12(15-3)13(17)16-4/h6-7,12,15H,5H2,1-4H3,(H,16,17). The summed E-state index contributed by atoms with van der Waals surface area (Å²) in [6.45, 7) is 4.39. The van der Waals surface area contributed by atoms with Crippen molar-refractivity contribution in [3.05, 3.63) is 28.3 Å². The molecule has 4 nitrogen and oxygen atoms in total. The molecule has 1 rings (SSSR count). The fourth-order valence-corrected chi connectivity index (χ4v) is 2.05. The Morgan fingerprint density at radius 3 is 2.61 bits per heavy atom. The monoisotopic (exact) mass is 270 g/mol. The van der Waals surface area contributed by atoms with E-state index in [1.807, 2.05) is 19.9 Å². The fourth-order valence-electron chi connectivity index (χ4n) is 1.82. The molecule has 1 aromatic carbocycles. The normalized spacial score (nSPS) is 12.1. The molecular weight excluding hydrogens is 252 g/mol. The molecule has 1 aromatic rings. The fraction of sp³-hybridized carbons (Fsp3) is 0.462. The quantitative estimate of drug-likeness (QED) is 0.861. The van der Waals surface area contributed by atoms with Gasteiger partial charge in [-0.1, -0.05) is 11.6 Å². The third-order valence-corrected chi connectivity index (χ3v) is 3.02. The first-order valence-electron chi connectivity index (χ1n) is 5.86. The van der Waals surface area contributed by atoms with Crippen molar-refractivity contribution in [1.82, 2.24) is 10.6 Å². The lowest BCUT2D eigenvalue weighted by atomic mass is 10.0. The van der Waals surface area contributed by atoms with Gasteiger partial charge in [-0.15, -0.1) is 0 Å². The predicted octanol–water partition coefficient (Wildman–Crippen LogP) is 2.05. The highest BCUT2D eigenvalue weighted by atomic mass is 35.5. The summed E-state index contributed by atoms with van der Waals surface area (Å²) >= 11 is 6.14. The molecule has 0 fully saturated rings. The van der Waals surface area contributed by atoms with Crippen molar-refractivity contribution in [2.75, 3.05) is 20.7 Å². The topological polar surface area (TPSA) is 50.4 Å². The molecule has 1 amide bonds. The zero-order chi connectivity index (χ0) is 13.7. The number of halogens is 1. The minimum atomic E-state index is -0.414. The first kappa shape index (κ1) is 14.8. The predicted molar refractivity (Wildman–Crippen MR) is 73.2 cm³/mol. The van der Waals surface area contributed by atoms with E-state index in [1.165, 1.54) is 0 Å². The summed E-state index contributed by atoms with van der Waals surface area (Å²) in [4.78, 5) is 11.8. The van der Waals surface area contributed by atoms with Crippen molar-refractivity contribution in [1.29, 1.82) is 0 Å². The summed E-state index contributed by atoms with van der Waals surface area (Å²) in [6.07, 6.45) is 0. The van der Waals surface area contributed by atoms with Crippen LogP contribution < -0.4 is 15.4 Å². The van der Waals surface area contributed by atoms with Crippen LogP contribution in [0.2, 0.25) is 5.02 Å². The van der Waals surface area contributed by atoms with Gasteiger partial charge in [-0.2, -0.15) is 0 Å². The molecule has 0 aliphatic carbocycles. The van der Waals surface area contributed by atoms with E-state index in [1.54, 1.807) is 20.2 Å². The Morgan fingerprint density at radius 2 is 2.11 bits per heavy atom. The number of carbonyl (C=O) groups excluding carboxylic acids is 1. The number of likely N-dealkylation sites (N-methyl/N-ethyl adjacent to an activating group) is 2. The van der Waals surface area contributed by atoms with Gasteiger partial charge in [0.05, 0.1) is 11.6 Å². The lowest BCUT2D eigenvalue weighted by Gasteiger charge is -2.19. The van der Waals surface area contributed by atoms with Crippen LogP contribution in [-0.2, 0) is 4.79 Å². The van der Waals surface area contributed by atoms with E-state index in [0.29, 0.717) is 17.4 Å². The molecule has 0 bridgehead atoms. The molecule has 0 aliphatic heterocycles. The summed E-state index contributed by atoms with van der Waals surface area (Å²) in [5, 5.41) is 6.12. The van der Waals surface area contributed by atoms with Crippen LogP contribution in [0.3, 0.4) is 0 Å². The van der Waals surface area contributed by atoms with Crippen molar-refractivity contribution >= 4 is 17.5 Å². The Bertz CT molecular complexity index is 435. The average molecular weight is 271 g/mol. The van der Waals surface area contributed by atoms with E-state index in [9.17, 15) is 4.79 Å². The second-order valence-corrected chi connectivity index (χ2v) is 4.32. The van der Waals surface area contributed by atoms with Crippen molar-refractivity contribution in [3.63, 3.8) is 0 Å². The van der Waals surface area contributed by atoms with E-state index >= 15 is 0 Å². The molecule has 1 unspecified atom stereocenters. The SMILES string of the molecule is CCOc1cc(C)c(C(NC)C(=O)NC)cc1Cl. The van der Waals surface area contributed by atoms with Crippen molar-refractivity contribution in [3.8, 4) is 5.75 Å². The molecule has 0 saturated heterocycles. The Hall–Kier alpha value is -1.26. The van der Waals surface area contributed by atoms with E-state index in [4.69, 9.17) is 16.3 Å². The summed E-state index contributed by atoms with van der Waals surface area (Å²) in [7, 11) is 3.35. The van der Waals surface area contributed by atoms with Crippen LogP contribution >= 0.6 is 11.6 Å². The van der Waals surface area contributed by atoms with Gasteiger partial charge in [0.1, 0.15) is 11.8 Å². The second-order valence-electron chi connectivity index (χ2n) is 3.91. The number of nitrogens with one attached hydrogen (secondary N) is 2. The highest BCUT2D eigenvalue weighted by molar-refractivity contribution is 6.32. The highest BCUT2D eigenvalue weighted by Gasteiger charge is 2.20. The molecule has 0 aliphatic rings. The maximum absolute atomic E-state index is 11.8. The molecule has 0 aromatic heterocycles. The van der Waals surface area contributed by atoms with Gasteiger partial charge in [-0.25, -0.2) is 0 Å². The van der Waals surface area contributed by atoms with E-state index < -0.39 is 6.04 Å². The first-order chi connectivity index (χ1) is 8.54. The van der Waals surface area contributed by atoms with Crippen LogP contribution in [0.5, 0.6) is 5.75 Å². The van der Waals surface area contributed by atoms with Gasteiger partial charge in [0.15, 0.2) is 0 Å². The maximum Gasteiger partial charge on any atom is 0.241 e. The summed E-state index contributed by atoms with van der Waals surface area (Å²) < 4.78 is 5.42. The molecular formula is C13H19ClN2O2. The van der Waals surface area contributed by atoms with Crippen LogP contribution in [-0.4, -0.2) is 26.6 Å². The van der Waals surface area contributed by atoms with Gasteiger partial charge in [-0.3, -0.25) is 4.79 Å². The first-order valence-corrected chi connectivity index (χ1v) is 6.24. The van der Waals surface area contributed by atoms with Crippen molar-refractivity contribution in [2.24, 2.45) is 0 Å². The Kier molecular flexibility index (Phi) is 5.44. The number of amides is 1. The number of carbonyl (C=O) groups is 1. The molecule has 18 heavy (non-hydrogen) atoms. The molecule has 0 heterocycles. The van der Waals surface area contributed by atoms with Gasteiger partial charge in [0, 0.05) is 7.05 Å². The molecule has 2 N–H and O–H groups in total. The summed E-state index contributed by atoms with van der Waals surface area (Å²) in [6, 6.07) is 3.22. The van der Waals surface area contributed by atoms with Crippen LogP contribution in [0.25, 0.3) is 0 Å². The molecule has 1 atom stereocenters. The van der Waals surface area contributed by atoms with Gasteiger partial charge < -0.3 is 15.4 Å². The molecule has 0 saturated carbocycles. The molecule has 100 valence electrons. The summed E-state index contributed by atoms with van der Waals surface area (Å²) in [5.41, 5.74) is 1.82. The number of benzene rings is 1. The number of hydrogen-bond donors (Lipinski definition) is 2. The number of ether oxygens (including phenoxy) is 1. The minimum Gasteiger partial charge on any atom is -0.492 e. The molecule has 0 radical (unpaired) electrons. The van der Waals surface area contributed by atoms with Gasteiger partial charge in [-0.05, 0) is 44.2 Å². The van der Waals surface area contributed by atoms with Gasteiger partial charge >= 0.3 is 0 Å². The van der Waals surface area contributed by atoms with Crippen LogP contribution in [0.4, 0.5) is 0 Å². The lowest BCUT2D eigenvalue weighted by Crippen LogP contribution is -2.34. The zero-order valence-electron chi connectivity index (χ0n) is 11.1. The van der Waals surface area contributed by atoms with Gasteiger partial charge in [0.25, 0.3) is 0 Å². The summed E-state index contributed by atoms with van der Waals surface area (Å²) in [5.74, 6) is 0.549. The van der Waals surface area contributed by atoms with Crippen LogP contribution in [0.15, 0.2) is 12.1 Å². The second kappa shape index (κ2) is 6.61. The highest BCUT2D eigenvalue weighted by Crippen LogP contribution is 2.31. The third kappa shape index (κ3) is 3.15. The maximum atomic E-state index is 11.8. The van der Waals surface area contributed by atoms with Crippen molar-refractivity contribution in [2.45, 2.75) is 19.9 Å². The number of hydrogen-bond acceptors (Lipinski definition) is 3. The van der Waals surface area contributed by atoms with Crippen LogP contribution in [0.1, 0.15) is 24.1 Å². The van der Waals surface area contributed by atoms with E-state index in [2.05, 4.69) is 10.6 Å². The minimum absolute atomic E-state index is 0.0965. The largest absolute Gasteiger partial charge is 0.492 e. The van der Waals surface area contributed by atoms with E-state index in [0.717, 1.165) is 11.1 Å². The smallest absolute Gasteiger partial charge is 0.241 e. The van der Waals surface area contributed by atoms with E-state index in [-0.39, 0.29) is 5.91 Å². The zero-order valence-corrected chi connectivity index (χ0v) is 11.9. The van der Waals surface area contributed by atoms with Crippen molar-refractivity contribution < 1.29 is 9.53 Å². The number of aryl methyl sites for hydroxylation is 1. The Morgan fingerprint density at radius 1 is 1.44 bits per heavy atom. The molecule has 5 heteroatoms.